The first kappa shape index (κ1) is 28.1. The molecule has 0 radical (unpaired) electrons. The van der Waals surface area contributed by atoms with Gasteiger partial charge in [-0.25, -0.2) is 14.4 Å². The summed E-state index contributed by atoms with van der Waals surface area (Å²) in [5.41, 5.74) is 1.39. The standard InChI is InChI=1S/C28H24ClF4N5OS/c29-24-11-20(7-9-25(24)39-14-17-2-1-3-18(30)10-17)38-26-23-12-22(40-27(23)36-16-35-26)8-6-19-4-5-21(37-19)13-34-15-28(31,32)33/h1-3,7,9-12,16,19,21,34,37H,4-5,13-15H2,(H,35,36,38)/t19-,21-/m1/s1. The summed E-state index contributed by atoms with van der Waals surface area (Å²) in [6, 6.07) is 13.2. The van der Waals surface area contributed by atoms with Gasteiger partial charge < -0.3 is 15.4 Å². The van der Waals surface area contributed by atoms with E-state index in [4.69, 9.17) is 16.3 Å². The van der Waals surface area contributed by atoms with Crippen molar-refractivity contribution < 1.29 is 22.3 Å². The Labute approximate surface area is 237 Å². The highest BCUT2D eigenvalue weighted by atomic mass is 35.5. The van der Waals surface area contributed by atoms with Crippen LogP contribution in [-0.4, -0.2) is 41.3 Å². The summed E-state index contributed by atoms with van der Waals surface area (Å²) >= 11 is 7.86. The Morgan fingerprint density at radius 3 is 2.80 bits per heavy atom. The van der Waals surface area contributed by atoms with Crippen LogP contribution in [0, 0.1) is 17.7 Å². The zero-order chi connectivity index (χ0) is 28.1. The van der Waals surface area contributed by atoms with E-state index in [2.05, 4.69) is 37.8 Å². The first-order chi connectivity index (χ1) is 19.2. The number of benzene rings is 2. The van der Waals surface area contributed by atoms with E-state index in [9.17, 15) is 17.6 Å². The summed E-state index contributed by atoms with van der Waals surface area (Å²) in [6.07, 6.45) is -1.22. The number of nitrogens with zero attached hydrogens (tertiary/aromatic N) is 2. The van der Waals surface area contributed by atoms with Gasteiger partial charge in [0.05, 0.1) is 27.9 Å². The van der Waals surface area contributed by atoms with Gasteiger partial charge in [0.25, 0.3) is 0 Å². The summed E-state index contributed by atoms with van der Waals surface area (Å²) in [5.74, 6) is 7.08. The molecule has 1 aliphatic rings. The molecule has 12 heteroatoms. The quantitative estimate of drug-likeness (QED) is 0.163. The van der Waals surface area contributed by atoms with Gasteiger partial charge in [0.15, 0.2) is 0 Å². The number of rotatable bonds is 8. The second kappa shape index (κ2) is 12.4. The minimum Gasteiger partial charge on any atom is -0.487 e. The zero-order valence-electron chi connectivity index (χ0n) is 21.0. The SMILES string of the molecule is Fc1cccc(COc2ccc(Nc3ncnc4sc(C#C[C@H]5CC[C@H](CNCC(F)(F)F)N5)cc34)cc2Cl)c1. The van der Waals surface area contributed by atoms with Crippen LogP contribution >= 0.6 is 22.9 Å². The van der Waals surface area contributed by atoms with E-state index in [-0.39, 0.29) is 31.1 Å². The summed E-state index contributed by atoms with van der Waals surface area (Å²) in [7, 11) is 0. The maximum atomic E-state index is 13.4. The van der Waals surface area contributed by atoms with E-state index in [0.717, 1.165) is 27.9 Å². The number of thiophene rings is 1. The number of nitrogens with one attached hydrogen (secondary N) is 3. The van der Waals surface area contributed by atoms with Crippen LogP contribution in [0.1, 0.15) is 23.3 Å². The molecule has 1 fully saturated rings. The van der Waals surface area contributed by atoms with E-state index in [0.29, 0.717) is 27.8 Å². The predicted octanol–water partition coefficient (Wildman–Crippen LogP) is 6.43. The molecular formula is C28H24ClF4N5OS. The van der Waals surface area contributed by atoms with Crippen molar-refractivity contribution in [2.75, 3.05) is 18.4 Å². The Morgan fingerprint density at radius 1 is 1.12 bits per heavy atom. The molecule has 0 spiro atoms. The van der Waals surface area contributed by atoms with E-state index >= 15 is 0 Å². The number of ether oxygens (including phenoxy) is 1. The molecule has 5 rings (SSSR count). The van der Waals surface area contributed by atoms with Crippen LogP contribution < -0.4 is 20.7 Å². The molecule has 2 atom stereocenters. The molecule has 2 aromatic carbocycles. The first-order valence-corrected chi connectivity index (χ1v) is 13.6. The summed E-state index contributed by atoms with van der Waals surface area (Å²) in [6.45, 7) is -0.571. The lowest BCUT2D eigenvalue weighted by molar-refractivity contribution is -0.124. The summed E-state index contributed by atoms with van der Waals surface area (Å²) in [5, 5.41) is 10.2. The van der Waals surface area contributed by atoms with Gasteiger partial charge in [0.2, 0.25) is 0 Å². The Bertz CT molecular complexity index is 1550. The van der Waals surface area contributed by atoms with Gasteiger partial charge in [-0.05, 0) is 54.8 Å². The van der Waals surface area contributed by atoms with Crippen LogP contribution in [0.3, 0.4) is 0 Å². The average molecular weight is 590 g/mol. The molecule has 208 valence electrons. The van der Waals surface area contributed by atoms with Crippen LogP contribution in [-0.2, 0) is 6.61 Å². The summed E-state index contributed by atoms with van der Waals surface area (Å²) < 4.78 is 56.2. The number of aromatic nitrogens is 2. The molecule has 6 nitrogen and oxygen atoms in total. The number of fused-ring (bicyclic) bond motifs is 1. The number of hydrogen-bond acceptors (Lipinski definition) is 7. The maximum Gasteiger partial charge on any atom is 0.401 e. The van der Waals surface area contributed by atoms with Crippen molar-refractivity contribution in [1.82, 2.24) is 20.6 Å². The third-order valence-electron chi connectivity index (χ3n) is 6.13. The van der Waals surface area contributed by atoms with Crippen LogP contribution in [0.5, 0.6) is 5.75 Å². The fourth-order valence-corrected chi connectivity index (χ4v) is 5.37. The normalized spacial score (nSPS) is 17.0. The molecule has 0 aliphatic carbocycles. The van der Waals surface area contributed by atoms with Crippen molar-refractivity contribution in [2.45, 2.75) is 37.7 Å². The van der Waals surface area contributed by atoms with Crippen LogP contribution in [0.25, 0.3) is 10.2 Å². The van der Waals surface area contributed by atoms with Crippen molar-refractivity contribution in [3.05, 3.63) is 76.1 Å². The van der Waals surface area contributed by atoms with Gasteiger partial charge in [0.1, 0.15) is 35.1 Å². The largest absolute Gasteiger partial charge is 0.487 e. The molecule has 3 heterocycles. The fourth-order valence-electron chi connectivity index (χ4n) is 4.28. The molecule has 40 heavy (non-hydrogen) atoms. The topological polar surface area (TPSA) is 71.1 Å². The molecule has 0 unspecified atom stereocenters. The number of alkyl halides is 3. The van der Waals surface area contributed by atoms with Gasteiger partial charge in [-0.3, -0.25) is 5.32 Å². The lowest BCUT2D eigenvalue weighted by Gasteiger charge is -2.13. The van der Waals surface area contributed by atoms with Crippen LogP contribution in [0.2, 0.25) is 5.02 Å². The Kier molecular flexibility index (Phi) is 8.71. The molecule has 4 aromatic rings. The Morgan fingerprint density at radius 2 is 2.00 bits per heavy atom. The van der Waals surface area contributed by atoms with E-state index in [1.165, 1.54) is 29.8 Å². The summed E-state index contributed by atoms with van der Waals surface area (Å²) in [4.78, 5) is 10.3. The first-order valence-electron chi connectivity index (χ1n) is 12.5. The molecule has 3 N–H and O–H groups in total. The van der Waals surface area contributed by atoms with Crippen molar-refractivity contribution in [2.24, 2.45) is 0 Å². The Hall–Kier alpha value is -3.43. The minimum atomic E-state index is -4.22. The van der Waals surface area contributed by atoms with E-state index < -0.39 is 12.7 Å². The molecule has 0 saturated carbocycles. The van der Waals surface area contributed by atoms with E-state index in [1.807, 2.05) is 6.07 Å². The van der Waals surface area contributed by atoms with Crippen molar-refractivity contribution in [3.63, 3.8) is 0 Å². The highest BCUT2D eigenvalue weighted by molar-refractivity contribution is 7.19. The molecule has 1 saturated heterocycles. The molecule has 0 amide bonds. The molecule has 0 bridgehead atoms. The van der Waals surface area contributed by atoms with E-state index in [1.54, 1.807) is 30.3 Å². The predicted molar refractivity (Wildman–Crippen MR) is 149 cm³/mol. The third-order valence-corrected chi connectivity index (χ3v) is 7.39. The van der Waals surface area contributed by atoms with Gasteiger partial charge in [-0.2, -0.15) is 13.2 Å². The highest BCUT2D eigenvalue weighted by Crippen LogP contribution is 2.33. The van der Waals surface area contributed by atoms with Crippen molar-refractivity contribution in [3.8, 4) is 17.6 Å². The minimum absolute atomic E-state index is 0.0457. The van der Waals surface area contributed by atoms with Gasteiger partial charge in [0, 0.05) is 18.3 Å². The van der Waals surface area contributed by atoms with Crippen LogP contribution in [0.15, 0.2) is 54.9 Å². The number of anilines is 2. The van der Waals surface area contributed by atoms with Gasteiger partial charge >= 0.3 is 6.18 Å². The number of hydrogen-bond donors (Lipinski definition) is 3. The Balaban J connectivity index is 1.21. The maximum absolute atomic E-state index is 13.4. The molecule has 1 aliphatic heterocycles. The second-order valence-electron chi connectivity index (χ2n) is 9.25. The van der Waals surface area contributed by atoms with Gasteiger partial charge in [-0.1, -0.05) is 35.6 Å². The lowest BCUT2D eigenvalue weighted by Crippen LogP contribution is -2.40. The smallest absolute Gasteiger partial charge is 0.401 e. The third kappa shape index (κ3) is 7.61. The van der Waals surface area contributed by atoms with Crippen molar-refractivity contribution >= 4 is 44.7 Å². The van der Waals surface area contributed by atoms with Crippen molar-refractivity contribution in [1.29, 1.82) is 0 Å². The second-order valence-corrected chi connectivity index (χ2v) is 10.7. The molecular weight excluding hydrogens is 566 g/mol. The van der Waals surface area contributed by atoms with Crippen LogP contribution in [0.4, 0.5) is 29.1 Å². The zero-order valence-corrected chi connectivity index (χ0v) is 22.6. The van der Waals surface area contributed by atoms with Gasteiger partial charge in [-0.15, -0.1) is 11.3 Å². The average Bonchev–Trinajstić information content (AvgIpc) is 3.53. The lowest BCUT2D eigenvalue weighted by atomic mass is 10.2. The molecule has 2 aromatic heterocycles. The monoisotopic (exact) mass is 589 g/mol. The number of halogens is 5. The fraction of sp³-hybridized carbons (Fsp3) is 0.286. The highest BCUT2D eigenvalue weighted by Gasteiger charge is 2.28.